The SMILES string of the molecule is CC[C@H]1Cc2ccccc2S(=O)(=O)N(Cc2cc([C@@H](c3ccc4c(nnn4CC)c3C)C(C)(C)C(=O)Cc3nnnn3CC(C)=O)ccc2C)C1. The van der Waals surface area contributed by atoms with Gasteiger partial charge in [-0.2, -0.15) is 4.31 Å². The van der Waals surface area contributed by atoms with Crippen molar-refractivity contribution in [2.24, 2.45) is 11.3 Å². The first-order valence-corrected chi connectivity index (χ1v) is 19.0. The molecule has 3 aromatic carbocycles. The van der Waals surface area contributed by atoms with Gasteiger partial charge in [0.2, 0.25) is 10.0 Å². The molecule has 0 unspecified atom stereocenters. The molecule has 13 heteroatoms. The fourth-order valence-electron chi connectivity index (χ4n) is 7.41. The first-order valence-electron chi connectivity index (χ1n) is 17.5. The van der Waals surface area contributed by atoms with Crippen LogP contribution >= 0.6 is 0 Å². The first kappa shape index (κ1) is 36.2. The third-order valence-corrected chi connectivity index (χ3v) is 12.4. The monoisotopic (exact) mass is 710 g/mol. The van der Waals surface area contributed by atoms with E-state index < -0.39 is 21.4 Å². The summed E-state index contributed by atoms with van der Waals surface area (Å²) in [6.45, 7) is 14.7. The van der Waals surface area contributed by atoms with Gasteiger partial charge < -0.3 is 0 Å². The van der Waals surface area contributed by atoms with Crippen LogP contribution in [0.15, 0.2) is 59.5 Å². The van der Waals surface area contributed by atoms with Crippen LogP contribution in [0.25, 0.3) is 11.0 Å². The van der Waals surface area contributed by atoms with E-state index in [0.29, 0.717) is 30.2 Å². The van der Waals surface area contributed by atoms with Gasteiger partial charge in [0.15, 0.2) is 11.6 Å². The van der Waals surface area contributed by atoms with Crippen molar-refractivity contribution in [1.29, 1.82) is 0 Å². The maximum Gasteiger partial charge on any atom is 0.243 e. The van der Waals surface area contributed by atoms with E-state index in [1.54, 1.807) is 16.4 Å². The highest BCUT2D eigenvalue weighted by Gasteiger charge is 2.41. The number of hydrogen-bond donors (Lipinski definition) is 0. The molecule has 0 fully saturated rings. The molecule has 0 saturated heterocycles. The molecule has 12 nitrogen and oxygen atoms in total. The molecule has 0 aliphatic carbocycles. The van der Waals surface area contributed by atoms with Crippen molar-refractivity contribution in [2.45, 2.75) is 98.2 Å². The van der Waals surface area contributed by atoms with E-state index in [4.69, 9.17) is 0 Å². The number of sulfonamides is 1. The van der Waals surface area contributed by atoms with Gasteiger partial charge in [0.05, 0.1) is 16.8 Å². The number of benzene rings is 3. The second-order valence-corrected chi connectivity index (χ2v) is 16.2. The Morgan fingerprint density at radius 1 is 0.980 bits per heavy atom. The number of aryl methyl sites for hydroxylation is 3. The van der Waals surface area contributed by atoms with Crippen LogP contribution in [0.4, 0.5) is 0 Å². The number of nitrogens with zero attached hydrogens (tertiary/aromatic N) is 8. The summed E-state index contributed by atoms with van der Waals surface area (Å²) >= 11 is 0. The summed E-state index contributed by atoms with van der Waals surface area (Å²) in [5.74, 6) is -0.182. The molecule has 0 spiro atoms. The molecule has 0 N–H and O–H groups in total. The zero-order valence-corrected chi connectivity index (χ0v) is 31.2. The van der Waals surface area contributed by atoms with Crippen LogP contribution in [0.3, 0.4) is 0 Å². The molecule has 51 heavy (non-hydrogen) atoms. The van der Waals surface area contributed by atoms with Crippen molar-refractivity contribution in [3.63, 3.8) is 0 Å². The molecule has 1 aliphatic rings. The van der Waals surface area contributed by atoms with Crippen molar-refractivity contribution in [3.05, 3.63) is 93.8 Å². The van der Waals surface area contributed by atoms with E-state index in [1.165, 1.54) is 11.6 Å². The minimum atomic E-state index is -3.76. The van der Waals surface area contributed by atoms with Gasteiger partial charge in [0.25, 0.3) is 0 Å². The predicted molar refractivity (Wildman–Crippen MR) is 193 cm³/mol. The van der Waals surface area contributed by atoms with Crippen LogP contribution in [-0.4, -0.2) is 66.0 Å². The van der Waals surface area contributed by atoms with Gasteiger partial charge in [-0.3, -0.25) is 9.59 Å². The van der Waals surface area contributed by atoms with Crippen LogP contribution in [-0.2, 0) is 52.1 Å². The Hall–Kier alpha value is -4.62. The molecule has 5 aromatic rings. The number of rotatable bonds is 12. The molecule has 0 radical (unpaired) electrons. The zero-order valence-electron chi connectivity index (χ0n) is 30.4. The number of carbonyl (C=O) groups is 2. The van der Waals surface area contributed by atoms with Crippen molar-refractivity contribution >= 4 is 32.6 Å². The van der Waals surface area contributed by atoms with Crippen LogP contribution in [0.5, 0.6) is 0 Å². The minimum Gasteiger partial charge on any atom is -0.299 e. The van der Waals surface area contributed by atoms with Gasteiger partial charge in [-0.1, -0.05) is 74.9 Å². The fourth-order valence-corrected chi connectivity index (χ4v) is 9.14. The average molecular weight is 711 g/mol. The molecule has 0 saturated carbocycles. The Morgan fingerprint density at radius 3 is 2.47 bits per heavy atom. The van der Waals surface area contributed by atoms with Gasteiger partial charge in [-0.05, 0) is 96.0 Å². The molecule has 0 amide bonds. The second kappa shape index (κ2) is 14.2. The molecule has 2 aromatic heterocycles. The lowest BCUT2D eigenvalue weighted by Crippen LogP contribution is -2.35. The topological polar surface area (TPSA) is 146 Å². The Labute approximate surface area is 299 Å². The van der Waals surface area contributed by atoms with E-state index in [2.05, 4.69) is 38.8 Å². The highest BCUT2D eigenvalue weighted by molar-refractivity contribution is 7.89. The fraction of sp³-hybridized carbons (Fsp3) is 0.447. The van der Waals surface area contributed by atoms with E-state index >= 15 is 0 Å². The van der Waals surface area contributed by atoms with E-state index in [1.807, 2.05) is 75.7 Å². The Bertz CT molecular complexity index is 2220. The van der Waals surface area contributed by atoms with Crippen molar-refractivity contribution in [2.75, 3.05) is 6.54 Å². The van der Waals surface area contributed by atoms with Gasteiger partial charge >= 0.3 is 0 Å². The first-order chi connectivity index (χ1) is 24.3. The van der Waals surface area contributed by atoms with E-state index in [9.17, 15) is 18.0 Å². The largest absolute Gasteiger partial charge is 0.299 e. The van der Waals surface area contributed by atoms with E-state index in [0.717, 1.165) is 50.8 Å². The molecule has 6 rings (SSSR count). The maximum atomic E-state index is 14.4. The summed E-state index contributed by atoms with van der Waals surface area (Å²) in [5.41, 5.74) is 6.08. The van der Waals surface area contributed by atoms with Crippen LogP contribution in [0.1, 0.15) is 86.2 Å². The summed E-state index contributed by atoms with van der Waals surface area (Å²) in [6, 6.07) is 17.5. The summed E-state index contributed by atoms with van der Waals surface area (Å²) < 4.78 is 33.2. The zero-order chi connectivity index (χ0) is 36.7. The van der Waals surface area contributed by atoms with Gasteiger partial charge in [-0.25, -0.2) is 17.8 Å². The lowest BCUT2D eigenvalue weighted by Gasteiger charge is -2.35. The number of Topliss-reactive ketones (excluding diaryl/α,β-unsaturated/α-hetero) is 2. The van der Waals surface area contributed by atoms with Gasteiger partial charge in [0, 0.05) is 31.0 Å². The minimum absolute atomic E-state index is 0.0214. The number of fused-ring (bicyclic) bond motifs is 2. The predicted octanol–water partition coefficient (Wildman–Crippen LogP) is 5.39. The van der Waals surface area contributed by atoms with Crippen molar-refractivity contribution < 1.29 is 18.0 Å². The number of tetrazole rings is 1. The highest BCUT2D eigenvalue weighted by atomic mass is 32.2. The standard InChI is InChI=1S/C38H46N8O4S/c1-8-27-18-28-12-10-11-13-33(28)51(49,50)44(22-27)23-30-19-29(15-14-24(30)3)36(31-16-17-32-37(26(31)5)40-42-45(32)9-2)38(6,7)34(48)20-35-39-41-43-46(35)21-25(4)47/h10-17,19,27,36H,8-9,18,20-23H2,1-7H3/t27-,36-/m0/s1. The Kier molecular flexibility index (Phi) is 10.1. The normalized spacial score (nSPS) is 16.9. The third-order valence-electron chi connectivity index (χ3n) is 10.5. The number of ketones is 2. The van der Waals surface area contributed by atoms with Gasteiger partial charge in [0.1, 0.15) is 17.8 Å². The second-order valence-electron chi connectivity index (χ2n) is 14.3. The number of hydrogen-bond acceptors (Lipinski definition) is 9. The Balaban J connectivity index is 1.45. The molecular weight excluding hydrogens is 665 g/mol. The van der Waals surface area contributed by atoms with E-state index in [-0.39, 0.29) is 37.0 Å². The smallest absolute Gasteiger partial charge is 0.243 e. The number of carbonyl (C=O) groups excluding carboxylic acids is 2. The summed E-state index contributed by atoms with van der Waals surface area (Å²) in [6.07, 6.45) is 1.50. The molecule has 268 valence electrons. The lowest BCUT2D eigenvalue weighted by molar-refractivity contribution is -0.127. The quantitative estimate of drug-likeness (QED) is 0.166. The highest BCUT2D eigenvalue weighted by Crippen LogP contribution is 2.45. The summed E-state index contributed by atoms with van der Waals surface area (Å²) in [7, 11) is -3.76. The molecule has 2 atom stereocenters. The van der Waals surface area contributed by atoms with Crippen LogP contribution < -0.4 is 0 Å². The third kappa shape index (κ3) is 6.88. The maximum absolute atomic E-state index is 14.4. The Morgan fingerprint density at radius 2 is 1.75 bits per heavy atom. The van der Waals surface area contributed by atoms with Crippen LogP contribution in [0.2, 0.25) is 0 Å². The molecule has 1 aliphatic heterocycles. The summed E-state index contributed by atoms with van der Waals surface area (Å²) in [5, 5.41) is 20.6. The molecule has 3 heterocycles. The average Bonchev–Trinajstić information content (AvgIpc) is 3.70. The van der Waals surface area contributed by atoms with Crippen LogP contribution in [0, 0.1) is 25.2 Å². The molecule has 0 bridgehead atoms. The summed E-state index contributed by atoms with van der Waals surface area (Å²) in [4.78, 5) is 26.7. The molecular formula is C38H46N8O4S. The van der Waals surface area contributed by atoms with Gasteiger partial charge in [-0.15, -0.1) is 10.2 Å². The van der Waals surface area contributed by atoms with Crippen molar-refractivity contribution in [3.8, 4) is 0 Å². The number of aromatic nitrogens is 7. The van der Waals surface area contributed by atoms with Crippen molar-refractivity contribution in [1.82, 2.24) is 39.5 Å². The lowest BCUT2D eigenvalue weighted by atomic mass is 9.67.